The van der Waals surface area contributed by atoms with Crippen LogP contribution in [0.4, 0.5) is 0 Å². The van der Waals surface area contributed by atoms with Crippen molar-refractivity contribution in [1.29, 1.82) is 0 Å². The molecule has 0 unspecified atom stereocenters. The van der Waals surface area contributed by atoms with Crippen LogP contribution in [-0.2, 0) is 0 Å². The van der Waals surface area contributed by atoms with E-state index in [1.165, 1.54) is 32.9 Å². The minimum Gasteiger partial charge on any atom is -0.248 e. The van der Waals surface area contributed by atoms with Crippen molar-refractivity contribution in [2.24, 2.45) is 5.92 Å². The first-order valence-corrected chi connectivity index (χ1v) is 11.0. The molecule has 1 nitrogen and oxygen atoms in total. The summed E-state index contributed by atoms with van der Waals surface area (Å²) >= 11 is 4.87. The van der Waals surface area contributed by atoms with Crippen LogP contribution in [0.5, 0.6) is 0 Å². The lowest BCUT2D eigenvalue weighted by Gasteiger charge is -2.17. The van der Waals surface area contributed by atoms with Gasteiger partial charge < -0.3 is 0 Å². The van der Waals surface area contributed by atoms with E-state index in [0.717, 1.165) is 28.1 Å². The molecule has 0 radical (unpaired) electrons. The van der Waals surface area contributed by atoms with Gasteiger partial charge in [-0.25, -0.2) is 4.98 Å². The van der Waals surface area contributed by atoms with Gasteiger partial charge in [-0.1, -0.05) is 93.6 Å². The summed E-state index contributed by atoms with van der Waals surface area (Å²) in [4.78, 5) is 5.98. The molecule has 150 valence electrons. The van der Waals surface area contributed by atoms with Crippen molar-refractivity contribution in [3.05, 3.63) is 95.5 Å². The first-order valence-electron chi connectivity index (χ1n) is 10.5. The molecule has 0 fully saturated rings. The van der Waals surface area contributed by atoms with Gasteiger partial charge in [0, 0.05) is 15.9 Å². The fourth-order valence-corrected chi connectivity index (χ4v) is 4.70. The van der Waals surface area contributed by atoms with E-state index in [0.29, 0.717) is 5.92 Å². The lowest BCUT2D eigenvalue weighted by atomic mass is 9.93. The molecule has 0 aliphatic heterocycles. The Morgan fingerprint density at radius 1 is 0.967 bits per heavy atom. The third-order valence-electron chi connectivity index (χ3n) is 5.76. The topological polar surface area (TPSA) is 12.9 Å². The number of hydrogen-bond acceptors (Lipinski definition) is 2. The Balaban J connectivity index is 2.03. The molecule has 3 aromatic carbocycles. The Morgan fingerprint density at radius 2 is 1.67 bits per heavy atom. The minimum absolute atomic E-state index is 0.428. The highest BCUT2D eigenvalue weighted by Gasteiger charge is 2.16. The number of pyridine rings is 1. The predicted molar refractivity (Wildman–Crippen MR) is 135 cm³/mol. The molecule has 0 bridgehead atoms. The standard InChI is InChI=1S/C28H27NS/c1-5-22(18(2)3)28(30)19(4)26-17-24(20-11-7-6-8-12-20)27-23-14-10-9-13-21(23)15-16-25(27)29-26/h6-18,30H,4-5H2,1-3H3/b28-22+. The van der Waals surface area contributed by atoms with Crippen molar-refractivity contribution in [3.8, 4) is 11.1 Å². The van der Waals surface area contributed by atoms with E-state index in [2.05, 4.69) is 100 Å². The van der Waals surface area contributed by atoms with Gasteiger partial charge >= 0.3 is 0 Å². The number of allylic oxidation sites excluding steroid dienone is 2. The number of hydrogen-bond donors (Lipinski definition) is 1. The Hall–Kier alpha value is -2.84. The number of rotatable bonds is 5. The van der Waals surface area contributed by atoms with Gasteiger partial charge in [0.2, 0.25) is 0 Å². The van der Waals surface area contributed by atoms with Crippen LogP contribution < -0.4 is 0 Å². The van der Waals surface area contributed by atoms with Gasteiger partial charge in [0.15, 0.2) is 0 Å². The van der Waals surface area contributed by atoms with Crippen molar-refractivity contribution < 1.29 is 0 Å². The normalized spacial score (nSPS) is 12.4. The molecule has 0 spiro atoms. The molecular weight excluding hydrogens is 382 g/mol. The van der Waals surface area contributed by atoms with Gasteiger partial charge in [-0.2, -0.15) is 0 Å². The van der Waals surface area contributed by atoms with Crippen LogP contribution in [0, 0.1) is 5.92 Å². The van der Waals surface area contributed by atoms with Gasteiger partial charge in [0.1, 0.15) is 0 Å². The Kier molecular flexibility index (Phi) is 5.78. The smallest absolute Gasteiger partial charge is 0.0722 e. The van der Waals surface area contributed by atoms with E-state index in [4.69, 9.17) is 17.6 Å². The number of nitrogens with zero attached hydrogens (tertiary/aromatic N) is 1. The summed E-state index contributed by atoms with van der Waals surface area (Å²) < 4.78 is 0. The molecule has 0 aliphatic carbocycles. The minimum atomic E-state index is 0.428. The molecule has 2 heteroatoms. The number of aromatic nitrogens is 1. The summed E-state index contributed by atoms with van der Waals surface area (Å²) in [6.07, 6.45) is 0.958. The first-order chi connectivity index (χ1) is 14.5. The van der Waals surface area contributed by atoms with Crippen LogP contribution in [0.25, 0.3) is 38.4 Å². The third kappa shape index (κ3) is 3.68. The Bertz CT molecular complexity index is 1270. The zero-order chi connectivity index (χ0) is 21.3. The summed E-state index contributed by atoms with van der Waals surface area (Å²) in [6.45, 7) is 11.0. The maximum Gasteiger partial charge on any atom is 0.0722 e. The lowest BCUT2D eigenvalue weighted by Crippen LogP contribution is -1.99. The number of fused-ring (bicyclic) bond motifs is 3. The molecule has 1 aromatic heterocycles. The lowest BCUT2D eigenvalue weighted by molar-refractivity contribution is 0.731. The van der Waals surface area contributed by atoms with Crippen LogP contribution in [0.2, 0.25) is 0 Å². The van der Waals surface area contributed by atoms with Gasteiger partial charge in [0.05, 0.1) is 11.2 Å². The van der Waals surface area contributed by atoms with Crippen LogP contribution in [0.1, 0.15) is 32.9 Å². The fraction of sp³-hybridized carbons (Fsp3) is 0.179. The molecule has 30 heavy (non-hydrogen) atoms. The second-order valence-corrected chi connectivity index (χ2v) is 8.41. The van der Waals surface area contributed by atoms with Gasteiger partial charge in [0.25, 0.3) is 0 Å². The molecule has 1 heterocycles. The molecule has 0 atom stereocenters. The van der Waals surface area contributed by atoms with E-state index in [-0.39, 0.29) is 0 Å². The van der Waals surface area contributed by atoms with Crippen molar-refractivity contribution in [1.82, 2.24) is 4.98 Å². The summed E-state index contributed by atoms with van der Waals surface area (Å²) in [6, 6.07) is 25.5. The highest BCUT2D eigenvalue weighted by atomic mass is 32.1. The van der Waals surface area contributed by atoms with Crippen LogP contribution in [0.3, 0.4) is 0 Å². The average molecular weight is 410 g/mol. The quantitative estimate of drug-likeness (QED) is 0.199. The molecule has 0 aliphatic rings. The van der Waals surface area contributed by atoms with Crippen LogP contribution in [-0.4, -0.2) is 4.98 Å². The van der Waals surface area contributed by atoms with E-state index in [9.17, 15) is 0 Å². The van der Waals surface area contributed by atoms with Crippen LogP contribution in [0.15, 0.2) is 89.9 Å². The molecule has 0 amide bonds. The van der Waals surface area contributed by atoms with Gasteiger partial charge in [-0.05, 0) is 46.4 Å². The van der Waals surface area contributed by atoms with Crippen molar-refractivity contribution >= 4 is 39.9 Å². The van der Waals surface area contributed by atoms with E-state index in [1.807, 2.05) is 0 Å². The summed E-state index contributed by atoms with van der Waals surface area (Å²) in [5, 5.41) is 3.62. The maximum atomic E-state index is 5.03. The average Bonchev–Trinajstić information content (AvgIpc) is 2.78. The van der Waals surface area contributed by atoms with Crippen molar-refractivity contribution in [3.63, 3.8) is 0 Å². The Morgan fingerprint density at radius 3 is 2.37 bits per heavy atom. The van der Waals surface area contributed by atoms with Gasteiger partial charge in [-0.3, -0.25) is 0 Å². The Labute approximate surface area is 184 Å². The molecule has 4 aromatic rings. The van der Waals surface area contributed by atoms with E-state index >= 15 is 0 Å². The summed E-state index contributed by atoms with van der Waals surface area (Å²) in [5.41, 5.74) is 6.42. The molecule has 0 saturated carbocycles. The molecular formula is C28H27NS. The monoisotopic (exact) mass is 409 g/mol. The third-order valence-corrected chi connectivity index (χ3v) is 6.32. The van der Waals surface area contributed by atoms with Crippen molar-refractivity contribution in [2.45, 2.75) is 27.2 Å². The van der Waals surface area contributed by atoms with E-state index < -0.39 is 0 Å². The molecule has 0 N–H and O–H groups in total. The molecule has 0 saturated heterocycles. The second kappa shape index (κ2) is 8.49. The zero-order valence-corrected chi connectivity index (χ0v) is 18.7. The zero-order valence-electron chi connectivity index (χ0n) is 17.8. The largest absolute Gasteiger partial charge is 0.248 e. The van der Waals surface area contributed by atoms with E-state index in [1.54, 1.807) is 0 Å². The second-order valence-electron chi connectivity index (χ2n) is 7.96. The summed E-state index contributed by atoms with van der Waals surface area (Å²) in [7, 11) is 0. The maximum absolute atomic E-state index is 5.03. The fourth-order valence-electron chi connectivity index (χ4n) is 4.17. The number of benzene rings is 3. The van der Waals surface area contributed by atoms with Gasteiger partial charge in [-0.15, -0.1) is 12.6 Å². The van der Waals surface area contributed by atoms with Crippen LogP contribution >= 0.6 is 12.6 Å². The molecule has 4 rings (SSSR count). The highest BCUT2D eigenvalue weighted by molar-refractivity contribution is 7.85. The highest BCUT2D eigenvalue weighted by Crippen LogP contribution is 2.38. The number of thiol groups is 1. The predicted octanol–water partition coefficient (Wildman–Crippen LogP) is 8.32. The van der Waals surface area contributed by atoms with Crippen molar-refractivity contribution in [2.75, 3.05) is 0 Å². The SMILES string of the molecule is C=C(/C(S)=C(/CC)C(C)C)c1cc(-c2ccccc2)c2c(ccc3ccccc32)n1. The first kappa shape index (κ1) is 20.4. The summed E-state index contributed by atoms with van der Waals surface area (Å²) in [5.74, 6) is 0.428.